The summed E-state index contributed by atoms with van der Waals surface area (Å²) in [5.74, 6) is 0.113. The van der Waals surface area contributed by atoms with Crippen molar-refractivity contribution in [3.63, 3.8) is 0 Å². The number of hydrogen-bond donors (Lipinski definition) is 0. The van der Waals surface area contributed by atoms with Crippen molar-refractivity contribution in [2.24, 2.45) is 7.05 Å². The van der Waals surface area contributed by atoms with Gasteiger partial charge in [-0.2, -0.15) is 0 Å². The molecule has 1 saturated heterocycles. The highest BCUT2D eigenvalue weighted by atomic mass is 16.5. The Morgan fingerprint density at radius 3 is 3.00 bits per heavy atom. The van der Waals surface area contributed by atoms with Crippen LogP contribution in [0, 0.1) is 0 Å². The fourth-order valence-corrected chi connectivity index (χ4v) is 4.23. The largest absolute Gasteiger partial charge is 0.376 e. The molecule has 0 N–H and O–H groups in total. The maximum absolute atomic E-state index is 13.3. The van der Waals surface area contributed by atoms with Gasteiger partial charge in [-0.25, -0.2) is 0 Å². The average Bonchev–Trinajstić information content (AvgIpc) is 3.17. The lowest BCUT2D eigenvalue weighted by Crippen LogP contribution is -2.53. The van der Waals surface area contributed by atoms with Gasteiger partial charge in [0, 0.05) is 37.3 Å². The minimum Gasteiger partial charge on any atom is -0.376 e. The number of para-hydroxylation sites is 1. The fourth-order valence-electron chi connectivity index (χ4n) is 4.23. The Morgan fingerprint density at radius 2 is 2.17 bits per heavy atom. The molecule has 1 aliphatic heterocycles. The van der Waals surface area contributed by atoms with Crippen LogP contribution < -0.4 is 0 Å². The van der Waals surface area contributed by atoms with Crippen LogP contribution in [0.1, 0.15) is 30.1 Å². The zero-order valence-electron chi connectivity index (χ0n) is 14.3. The number of aromatic nitrogens is 1. The number of morpholine rings is 1. The highest BCUT2D eigenvalue weighted by molar-refractivity contribution is 6.07. The first-order valence-corrected chi connectivity index (χ1v) is 8.79. The number of fused-ring (bicyclic) bond motifs is 2. The number of rotatable bonds is 3. The smallest absolute Gasteiger partial charge is 0.256 e. The molecular weight excluding hydrogens is 304 g/mol. The number of benzene rings is 1. The van der Waals surface area contributed by atoms with Gasteiger partial charge in [-0.05, 0) is 25.8 Å². The number of carbonyl (C=O) groups excluding carboxylic acids is 1. The second kappa shape index (κ2) is 6.22. The summed E-state index contributed by atoms with van der Waals surface area (Å²) in [4.78, 5) is 15.3. The normalized spacial score (nSPS) is 26.8. The van der Waals surface area contributed by atoms with Crippen LogP contribution in [-0.4, -0.2) is 53.4 Å². The monoisotopic (exact) mass is 328 g/mol. The molecule has 0 spiro atoms. The molecular formula is C19H24N2O3. The molecule has 0 bridgehead atoms. The second-order valence-corrected chi connectivity index (χ2v) is 6.64. The van der Waals surface area contributed by atoms with Gasteiger partial charge in [0.05, 0.1) is 24.3 Å². The topological polar surface area (TPSA) is 43.7 Å². The molecule has 2 fully saturated rings. The van der Waals surface area contributed by atoms with E-state index >= 15 is 0 Å². The Morgan fingerprint density at radius 1 is 1.33 bits per heavy atom. The van der Waals surface area contributed by atoms with Crippen molar-refractivity contribution in [3.05, 3.63) is 36.0 Å². The first kappa shape index (κ1) is 15.7. The third-order valence-electron chi connectivity index (χ3n) is 5.30. The molecule has 5 heteroatoms. The highest BCUT2D eigenvalue weighted by Crippen LogP contribution is 2.34. The van der Waals surface area contributed by atoms with Crippen molar-refractivity contribution >= 4 is 16.8 Å². The van der Waals surface area contributed by atoms with E-state index in [0.717, 1.165) is 29.3 Å². The van der Waals surface area contributed by atoms with E-state index in [-0.39, 0.29) is 24.2 Å². The van der Waals surface area contributed by atoms with Gasteiger partial charge in [0.25, 0.3) is 5.91 Å². The van der Waals surface area contributed by atoms with E-state index in [0.29, 0.717) is 19.8 Å². The number of aryl methyl sites for hydroxylation is 1. The lowest BCUT2D eigenvalue weighted by molar-refractivity contribution is -0.102. The Bertz CT molecular complexity index is 754. The number of carbonyl (C=O) groups is 1. The Balaban J connectivity index is 1.64. The van der Waals surface area contributed by atoms with Gasteiger partial charge in [-0.15, -0.1) is 0 Å². The van der Waals surface area contributed by atoms with Crippen molar-refractivity contribution in [2.75, 3.05) is 19.8 Å². The van der Waals surface area contributed by atoms with E-state index in [1.54, 1.807) is 0 Å². The van der Waals surface area contributed by atoms with Crippen molar-refractivity contribution in [2.45, 2.75) is 38.0 Å². The third kappa shape index (κ3) is 2.43. The van der Waals surface area contributed by atoms with Crippen LogP contribution in [0.2, 0.25) is 0 Å². The van der Waals surface area contributed by atoms with E-state index in [1.165, 1.54) is 0 Å². The number of ether oxygens (including phenoxy) is 2. The van der Waals surface area contributed by atoms with Crippen LogP contribution in [0.5, 0.6) is 0 Å². The molecule has 1 amide bonds. The van der Waals surface area contributed by atoms with Gasteiger partial charge in [0.15, 0.2) is 0 Å². The molecule has 1 aromatic heterocycles. The quantitative estimate of drug-likeness (QED) is 0.870. The summed E-state index contributed by atoms with van der Waals surface area (Å²) in [5, 5.41) is 1.02. The highest BCUT2D eigenvalue weighted by Gasteiger charge is 2.45. The number of hydrogen-bond acceptors (Lipinski definition) is 3. The van der Waals surface area contributed by atoms with Crippen LogP contribution in [-0.2, 0) is 16.5 Å². The summed E-state index contributed by atoms with van der Waals surface area (Å²) in [6, 6.07) is 8.20. The number of nitrogens with zero attached hydrogens (tertiary/aromatic N) is 2. The second-order valence-electron chi connectivity index (χ2n) is 6.64. The molecule has 24 heavy (non-hydrogen) atoms. The van der Waals surface area contributed by atoms with Gasteiger partial charge in [0.2, 0.25) is 0 Å². The molecule has 0 unspecified atom stereocenters. The van der Waals surface area contributed by atoms with E-state index < -0.39 is 0 Å². The van der Waals surface area contributed by atoms with Crippen molar-refractivity contribution in [1.29, 1.82) is 0 Å². The predicted octanol–water partition coefficient (Wildman–Crippen LogP) is 2.59. The first-order chi connectivity index (χ1) is 11.7. The molecule has 1 saturated carbocycles. The summed E-state index contributed by atoms with van der Waals surface area (Å²) < 4.78 is 13.8. The van der Waals surface area contributed by atoms with Crippen LogP contribution in [0.3, 0.4) is 0 Å². The van der Waals surface area contributed by atoms with Gasteiger partial charge in [0.1, 0.15) is 6.10 Å². The minimum atomic E-state index is 0.0117. The van der Waals surface area contributed by atoms with Gasteiger partial charge in [-0.1, -0.05) is 18.2 Å². The SMILES string of the molecule is CCO[C@@H]1CC[C@H]2[C@H]1OCCN2C(=O)c1cn(C)c2ccccc12. The maximum Gasteiger partial charge on any atom is 0.256 e. The Labute approximate surface area is 142 Å². The molecule has 5 nitrogen and oxygen atoms in total. The molecule has 4 rings (SSSR count). The zero-order valence-corrected chi connectivity index (χ0v) is 14.3. The van der Waals surface area contributed by atoms with Gasteiger partial charge in [-0.3, -0.25) is 4.79 Å². The van der Waals surface area contributed by atoms with E-state index in [4.69, 9.17) is 9.47 Å². The van der Waals surface area contributed by atoms with E-state index in [2.05, 4.69) is 6.07 Å². The predicted molar refractivity (Wildman–Crippen MR) is 92.1 cm³/mol. The molecule has 3 atom stereocenters. The van der Waals surface area contributed by atoms with Crippen LogP contribution >= 0.6 is 0 Å². The van der Waals surface area contributed by atoms with Gasteiger partial charge >= 0.3 is 0 Å². The van der Waals surface area contributed by atoms with E-state index in [1.807, 2.05) is 47.8 Å². The Hall–Kier alpha value is -1.85. The lowest BCUT2D eigenvalue weighted by atomic mass is 10.1. The molecule has 2 aromatic rings. The summed E-state index contributed by atoms with van der Waals surface area (Å²) in [7, 11) is 1.99. The first-order valence-electron chi connectivity index (χ1n) is 8.79. The van der Waals surface area contributed by atoms with Crippen molar-refractivity contribution in [1.82, 2.24) is 9.47 Å². The summed E-state index contributed by atoms with van der Waals surface area (Å²) >= 11 is 0. The Kier molecular flexibility index (Phi) is 4.06. The molecule has 2 aliphatic rings. The van der Waals surface area contributed by atoms with Crippen molar-refractivity contribution < 1.29 is 14.3 Å². The van der Waals surface area contributed by atoms with E-state index in [9.17, 15) is 4.79 Å². The van der Waals surface area contributed by atoms with Crippen LogP contribution in [0.25, 0.3) is 10.9 Å². The molecule has 1 aliphatic carbocycles. The van der Waals surface area contributed by atoms with Gasteiger partial charge < -0.3 is 18.9 Å². The maximum atomic E-state index is 13.3. The molecule has 128 valence electrons. The lowest BCUT2D eigenvalue weighted by Gasteiger charge is -2.39. The summed E-state index contributed by atoms with van der Waals surface area (Å²) in [6.07, 6.45) is 3.99. The van der Waals surface area contributed by atoms with Crippen molar-refractivity contribution in [3.8, 4) is 0 Å². The minimum absolute atomic E-state index is 0.0117. The summed E-state index contributed by atoms with van der Waals surface area (Å²) in [5.41, 5.74) is 1.87. The molecule has 2 heterocycles. The van der Waals surface area contributed by atoms with Crippen LogP contribution in [0.15, 0.2) is 30.5 Å². The zero-order chi connectivity index (χ0) is 16.7. The average molecular weight is 328 g/mol. The standard InChI is InChI=1S/C19H24N2O3/c1-3-23-17-9-8-16-18(17)24-11-10-21(16)19(22)14-12-20(2)15-7-5-4-6-13(14)15/h4-7,12,16-18H,3,8-11H2,1-2H3/t16-,17+,18+/m0/s1. The van der Waals surface area contributed by atoms with Crippen LogP contribution in [0.4, 0.5) is 0 Å². The molecule has 0 radical (unpaired) electrons. The third-order valence-corrected chi connectivity index (χ3v) is 5.30. The molecule has 1 aromatic carbocycles. The number of amides is 1. The summed E-state index contributed by atoms with van der Waals surface area (Å²) in [6.45, 7) is 3.94. The fraction of sp³-hybridized carbons (Fsp3) is 0.526.